The average Bonchev–Trinajstić information content (AvgIpc) is 2.21. The molecule has 0 radical (unpaired) electrons. The summed E-state index contributed by atoms with van der Waals surface area (Å²) in [6.07, 6.45) is 3.63. The second-order valence-electron chi connectivity index (χ2n) is 6.22. The Morgan fingerprint density at radius 1 is 1.29 bits per heavy atom. The number of carbonyl (C=O) groups excluding carboxylic acids is 1. The molecule has 0 saturated heterocycles. The molecule has 0 aliphatic heterocycles. The van der Waals surface area contributed by atoms with Gasteiger partial charge in [-0.3, -0.25) is 4.79 Å². The number of hydrogen-bond acceptors (Lipinski definition) is 3. The fourth-order valence-electron chi connectivity index (χ4n) is 2.45. The van der Waals surface area contributed by atoms with Gasteiger partial charge in [0.15, 0.2) is 0 Å². The highest BCUT2D eigenvalue weighted by molar-refractivity contribution is 5.82. The summed E-state index contributed by atoms with van der Waals surface area (Å²) >= 11 is 0. The van der Waals surface area contributed by atoms with Crippen molar-refractivity contribution in [1.29, 1.82) is 0 Å². The zero-order valence-electron chi connectivity index (χ0n) is 11.9. The zero-order valence-corrected chi connectivity index (χ0v) is 11.9. The minimum atomic E-state index is -0.452. The molecular formula is C13H27N3O. The van der Waals surface area contributed by atoms with Crippen LogP contribution in [0, 0.1) is 5.41 Å². The summed E-state index contributed by atoms with van der Waals surface area (Å²) in [4.78, 5) is 16.4. The number of nitrogens with two attached hydrogens (primary N) is 1. The van der Waals surface area contributed by atoms with Crippen LogP contribution in [-0.2, 0) is 4.79 Å². The lowest BCUT2D eigenvalue weighted by Crippen LogP contribution is -2.59. The van der Waals surface area contributed by atoms with Crippen LogP contribution in [0.3, 0.4) is 0 Å². The van der Waals surface area contributed by atoms with Gasteiger partial charge in [-0.15, -0.1) is 0 Å². The van der Waals surface area contributed by atoms with Crippen molar-refractivity contribution < 1.29 is 4.79 Å². The Morgan fingerprint density at radius 2 is 1.82 bits per heavy atom. The van der Waals surface area contributed by atoms with Gasteiger partial charge in [0, 0.05) is 25.7 Å². The molecule has 4 nitrogen and oxygen atoms in total. The van der Waals surface area contributed by atoms with Crippen molar-refractivity contribution in [3.05, 3.63) is 0 Å². The first-order valence-electron chi connectivity index (χ1n) is 6.38. The summed E-state index contributed by atoms with van der Waals surface area (Å²) in [6.45, 7) is 5.03. The summed E-state index contributed by atoms with van der Waals surface area (Å²) in [5, 5.41) is 0. The summed E-state index contributed by atoms with van der Waals surface area (Å²) in [5.41, 5.74) is 5.39. The van der Waals surface area contributed by atoms with Gasteiger partial charge in [0.25, 0.3) is 0 Å². The number of carbonyl (C=O) groups is 1. The van der Waals surface area contributed by atoms with Crippen LogP contribution in [0.1, 0.15) is 33.1 Å². The van der Waals surface area contributed by atoms with E-state index in [4.69, 9.17) is 5.73 Å². The van der Waals surface area contributed by atoms with E-state index in [9.17, 15) is 4.79 Å². The first kappa shape index (κ1) is 14.5. The lowest BCUT2D eigenvalue weighted by molar-refractivity contribution is -0.141. The fraction of sp³-hybridized carbons (Fsp3) is 0.923. The molecule has 0 heterocycles. The van der Waals surface area contributed by atoms with Crippen LogP contribution in [0.5, 0.6) is 0 Å². The first-order chi connectivity index (χ1) is 7.75. The molecule has 100 valence electrons. The van der Waals surface area contributed by atoms with Crippen molar-refractivity contribution in [3.8, 4) is 0 Å². The van der Waals surface area contributed by atoms with Gasteiger partial charge in [-0.1, -0.05) is 0 Å². The van der Waals surface area contributed by atoms with Crippen LogP contribution >= 0.6 is 0 Å². The molecule has 1 amide bonds. The first-order valence-corrected chi connectivity index (χ1v) is 6.38. The minimum Gasteiger partial charge on any atom is -0.343 e. The van der Waals surface area contributed by atoms with Gasteiger partial charge in [-0.2, -0.15) is 0 Å². The third-order valence-corrected chi connectivity index (χ3v) is 4.20. The van der Waals surface area contributed by atoms with Crippen LogP contribution in [-0.4, -0.2) is 55.5 Å². The lowest BCUT2D eigenvalue weighted by atomic mass is 9.75. The van der Waals surface area contributed by atoms with Crippen molar-refractivity contribution in [2.45, 2.75) is 38.6 Å². The molecule has 0 bridgehead atoms. The van der Waals surface area contributed by atoms with E-state index in [1.54, 1.807) is 0 Å². The molecule has 1 saturated carbocycles. The van der Waals surface area contributed by atoms with E-state index in [2.05, 4.69) is 19.0 Å². The summed E-state index contributed by atoms with van der Waals surface area (Å²) < 4.78 is 0. The molecule has 17 heavy (non-hydrogen) atoms. The SMILES string of the molecule is CN(CC1(N(C)C)CCC1)C(=O)C(C)(C)CN. The van der Waals surface area contributed by atoms with Gasteiger partial charge in [0.2, 0.25) is 5.91 Å². The highest BCUT2D eigenvalue weighted by atomic mass is 16.2. The van der Waals surface area contributed by atoms with Crippen LogP contribution in [0.4, 0.5) is 0 Å². The molecule has 0 spiro atoms. The smallest absolute Gasteiger partial charge is 0.229 e. The Hall–Kier alpha value is -0.610. The molecule has 1 aliphatic rings. The maximum Gasteiger partial charge on any atom is 0.229 e. The maximum absolute atomic E-state index is 12.3. The molecule has 0 aromatic heterocycles. The van der Waals surface area contributed by atoms with E-state index in [0.717, 1.165) is 6.54 Å². The molecule has 0 aromatic rings. The fourth-order valence-corrected chi connectivity index (χ4v) is 2.45. The molecular weight excluding hydrogens is 214 g/mol. The van der Waals surface area contributed by atoms with E-state index < -0.39 is 5.41 Å². The Bertz CT molecular complexity index is 282. The molecule has 0 unspecified atom stereocenters. The van der Waals surface area contributed by atoms with Crippen LogP contribution < -0.4 is 5.73 Å². The highest BCUT2D eigenvalue weighted by Crippen LogP contribution is 2.37. The number of amides is 1. The highest BCUT2D eigenvalue weighted by Gasteiger charge is 2.42. The number of likely N-dealkylation sites (N-methyl/N-ethyl adjacent to an activating group) is 2. The van der Waals surface area contributed by atoms with Gasteiger partial charge in [0.05, 0.1) is 5.41 Å². The second kappa shape index (κ2) is 4.94. The van der Waals surface area contributed by atoms with E-state index in [1.807, 2.05) is 25.8 Å². The predicted molar refractivity (Wildman–Crippen MR) is 70.7 cm³/mol. The normalized spacial score (nSPS) is 19.0. The lowest BCUT2D eigenvalue weighted by Gasteiger charge is -2.49. The van der Waals surface area contributed by atoms with Gasteiger partial charge >= 0.3 is 0 Å². The minimum absolute atomic E-state index is 0.146. The van der Waals surface area contributed by atoms with E-state index >= 15 is 0 Å². The number of rotatable bonds is 5. The van der Waals surface area contributed by atoms with Crippen molar-refractivity contribution in [2.24, 2.45) is 11.1 Å². The Morgan fingerprint density at radius 3 is 2.12 bits per heavy atom. The Kier molecular flexibility index (Phi) is 4.20. The Labute approximate surface area is 105 Å². The molecule has 0 atom stereocenters. The van der Waals surface area contributed by atoms with Crippen LogP contribution in [0.25, 0.3) is 0 Å². The molecule has 0 aromatic carbocycles. The quantitative estimate of drug-likeness (QED) is 0.778. The summed E-state index contributed by atoms with van der Waals surface area (Å²) in [6, 6.07) is 0. The molecule has 4 heteroatoms. The number of nitrogens with zero attached hydrogens (tertiary/aromatic N) is 2. The van der Waals surface area contributed by atoms with Crippen LogP contribution in [0.15, 0.2) is 0 Å². The van der Waals surface area contributed by atoms with Gasteiger partial charge in [-0.05, 0) is 47.2 Å². The second-order valence-corrected chi connectivity index (χ2v) is 6.22. The largest absolute Gasteiger partial charge is 0.343 e. The van der Waals surface area contributed by atoms with Gasteiger partial charge < -0.3 is 15.5 Å². The Balaban J connectivity index is 2.66. The molecule has 1 aliphatic carbocycles. The maximum atomic E-state index is 12.3. The van der Waals surface area contributed by atoms with Crippen molar-refractivity contribution >= 4 is 5.91 Å². The zero-order chi connectivity index (χ0) is 13.3. The molecule has 1 fully saturated rings. The van der Waals surface area contributed by atoms with Crippen molar-refractivity contribution in [1.82, 2.24) is 9.80 Å². The topological polar surface area (TPSA) is 49.6 Å². The summed E-state index contributed by atoms with van der Waals surface area (Å²) in [7, 11) is 6.10. The molecule has 2 N–H and O–H groups in total. The standard InChI is InChI=1S/C13H27N3O/c1-12(2,9-14)11(17)16(5)10-13(15(3)4)7-6-8-13/h6-10,14H2,1-5H3. The third-order valence-electron chi connectivity index (χ3n) is 4.20. The molecule has 1 rings (SSSR count). The van der Waals surface area contributed by atoms with Crippen molar-refractivity contribution in [3.63, 3.8) is 0 Å². The predicted octanol–water partition coefficient (Wildman–Crippen LogP) is 0.914. The average molecular weight is 241 g/mol. The van der Waals surface area contributed by atoms with Crippen molar-refractivity contribution in [2.75, 3.05) is 34.2 Å². The van der Waals surface area contributed by atoms with E-state index in [1.165, 1.54) is 19.3 Å². The third kappa shape index (κ3) is 2.80. The monoisotopic (exact) mass is 241 g/mol. The number of hydrogen-bond donors (Lipinski definition) is 1. The van der Waals surface area contributed by atoms with Gasteiger partial charge in [0.1, 0.15) is 0 Å². The van der Waals surface area contributed by atoms with E-state index in [0.29, 0.717) is 6.54 Å². The van der Waals surface area contributed by atoms with Crippen LogP contribution in [0.2, 0.25) is 0 Å². The van der Waals surface area contributed by atoms with Gasteiger partial charge in [-0.25, -0.2) is 0 Å². The summed E-state index contributed by atoms with van der Waals surface area (Å²) in [5.74, 6) is 0.146. The van der Waals surface area contributed by atoms with E-state index in [-0.39, 0.29) is 11.4 Å².